The van der Waals surface area contributed by atoms with E-state index >= 15 is 0 Å². The van der Waals surface area contributed by atoms with Gasteiger partial charge in [0.15, 0.2) is 0 Å². The second kappa shape index (κ2) is 10.00. The fourth-order valence-corrected chi connectivity index (χ4v) is 2.47. The van der Waals surface area contributed by atoms with Gasteiger partial charge < -0.3 is 16.2 Å². The van der Waals surface area contributed by atoms with Gasteiger partial charge in [0.05, 0.1) is 12.1 Å². The number of pyridine rings is 1. The average molecular weight is 334 g/mol. The third-order valence-electron chi connectivity index (χ3n) is 2.86. The molecule has 0 saturated carbocycles. The standard InChI is InChI=1S/C14H23N3O2S.ClH/c1-3-5-14(2,15)13(19)17-12-9-11(4-6-16-12)10-20-8-7-18;/h4,6,9,18H,3,5,7-8,10,15H2,1-2H3,(H,16,17,19);1H. The summed E-state index contributed by atoms with van der Waals surface area (Å²) in [5.74, 6) is 1.78. The number of anilines is 1. The van der Waals surface area contributed by atoms with Crippen molar-refractivity contribution in [3.05, 3.63) is 23.9 Å². The maximum absolute atomic E-state index is 12.1. The molecule has 1 atom stereocenters. The van der Waals surface area contributed by atoms with Crippen LogP contribution in [-0.4, -0.2) is 33.9 Å². The number of hydrogen-bond donors (Lipinski definition) is 3. The molecule has 0 fully saturated rings. The molecule has 0 saturated heterocycles. The highest BCUT2D eigenvalue weighted by molar-refractivity contribution is 7.98. The lowest BCUT2D eigenvalue weighted by atomic mass is 9.96. The van der Waals surface area contributed by atoms with Crippen LogP contribution in [-0.2, 0) is 10.5 Å². The van der Waals surface area contributed by atoms with Crippen molar-refractivity contribution in [2.75, 3.05) is 17.7 Å². The summed E-state index contributed by atoms with van der Waals surface area (Å²) in [5.41, 5.74) is 6.16. The molecule has 0 aliphatic carbocycles. The van der Waals surface area contributed by atoms with Crippen LogP contribution in [0.2, 0.25) is 0 Å². The fourth-order valence-electron chi connectivity index (χ4n) is 1.78. The smallest absolute Gasteiger partial charge is 0.245 e. The van der Waals surface area contributed by atoms with Gasteiger partial charge in [0.2, 0.25) is 5.91 Å². The lowest BCUT2D eigenvalue weighted by Gasteiger charge is -2.22. The molecule has 0 bridgehead atoms. The maximum Gasteiger partial charge on any atom is 0.245 e. The number of carbonyl (C=O) groups excluding carboxylic acids is 1. The number of rotatable bonds is 8. The number of halogens is 1. The first-order valence-electron chi connectivity index (χ1n) is 6.73. The van der Waals surface area contributed by atoms with Crippen LogP contribution < -0.4 is 11.1 Å². The SMILES string of the molecule is CCCC(C)(N)C(=O)Nc1cc(CSCCO)ccn1.Cl. The lowest BCUT2D eigenvalue weighted by molar-refractivity contribution is -0.120. The van der Waals surface area contributed by atoms with Crippen molar-refractivity contribution >= 4 is 35.9 Å². The molecule has 7 heteroatoms. The van der Waals surface area contributed by atoms with E-state index in [-0.39, 0.29) is 24.9 Å². The van der Waals surface area contributed by atoms with E-state index in [0.29, 0.717) is 18.0 Å². The zero-order chi connectivity index (χ0) is 15.0. The summed E-state index contributed by atoms with van der Waals surface area (Å²) in [7, 11) is 0. The van der Waals surface area contributed by atoms with Crippen LogP contribution >= 0.6 is 24.2 Å². The average Bonchev–Trinajstić information content (AvgIpc) is 2.39. The van der Waals surface area contributed by atoms with E-state index in [4.69, 9.17) is 10.8 Å². The number of carbonyl (C=O) groups is 1. The van der Waals surface area contributed by atoms with Gasteiger partial charge in [0.25, 0.3) is 0 Å². The van der Waals surface area contributed by atoms with E-state index in [1.807, 2.05) is 19.1 Å². The minimum atomic E-state index is -0.877. The molecule has 1 aromatic heterocycles. The van der Waals surface area contributed by atoms with E-state index in [0.717, 1.165) is 17.7 Å². The van der Waals surface area contributed by atoms with Gasteiger partial charge in [0.1, 0.15) is 5.82 Å². The number of thioether (sulfide) groups is 1. The van der Waals surface area contributed by atoms with Gasteiger partial charge in [-0.05, 0) is 31.0 Å². The maximum atomic E-state index is 12.1. The van der Waals surface area contributed by atoms with Gasteiger partial charge in [-0.3, -0.25) is 4.79 Å². The molecule has 0 aliphatic heterocycles. The molecule has 0 radical (unpaired) electrons. The molecular formula is C14H24ClN3O2S. The van der Waals surface area contributed by atoms with Crippen molar-refractivity contribution in [3.63, 3.8) is 0 Å². The van der Waals surface area contributed by atoms with Gasteiger partial charge in [0, 0.05) is 17.7 Å². The summed E-state index contributed by atoms with van der Waals surface area (Å²) < 4.78 is 0. The number of nitrogens with two attached hydrogens (primary N) is 1. The number of aliphatic hydroxyl groups excluding tert-OH is 1. The predicted octanol–water partition coefficient (Wildman–Crippen LogP) is 2.18. The predicted molar refractivity (Wildman–Crippen MR) is 90.9 cm³/mol. The second-order valence-corrected chi connectivity index (χ2v) is 6.05. The highest BCUT2D eigenvalue weighted by Crippen LogP contribution is 2.16. The molecule has 0 aliphatic rings. The highest BCUT2D eigenvalue weighted by Gasteiger charge is 2.27. The van der Waals surface area contributed by atoms with Crippen molar-refractivity contribution in [2.24, 2.45) is 5.73 Å². The van der Waals surface area contributed by atoms with Crippen LogP contribution in [0.3, 0.4) is 0 Å². The van der Waals surface area contributed by atoms with Gasteiger partial charge in [-0.1, -0.05) is 13.3 Å². The van der Waals surface area contributed by atoms with Crippen LogP contribution in [0.4, 0.5) is 5.82 Å². The van der Waals surface area contributed by atoms with Crippen LogP contribution in [0.25, 0.3) is 0 Å². The molecule has 120 valence electrons. The van der Waals surface area contributed by atoms with Gasteiger partial charge >= 0.3 is 0 Å². The van der Waals surface area contributed by atoms with Crippen LogP contribution in [0, 0.1) is 0 Å². The number of amides is 1. The summed E-state index contributed by atoms with van der Waals surface area (Å²) in [5, 5.41) is 11.5. The molecular weight excluding hydrogens is 310 g/mol. The fraction of sp³-hybridized carbons (Fsp3) is 0.571. The number of nitrogens with one attached hydrogen (secondary N) is 1. The minimum Gasteiger partial charge on any atom is -0.396 e. The van der Waals surface area contributed by atoms with E-state index in [9.17, 15) is 4.79 Å². The summed E-state index contributed by atoms with van der Waals surface area (Å²) in [6, 6.07) is 3.73. The normalized spacial score (nSPS) is 13.1. The van der Waals surface area contributed by atoms with Crippen LogP contribution in [0.1, 0.15) is 32.3 Å². The first-order chi connectivity index (χ1) is 9.49. The van der Waals surface area contributed by atoms with Gasteiger partial charge in [-0.25, -0.2) is 4.98 Å². The van der Waals surface area contributed by atoms with Crippen molar-refractivity contribution in [2.45, 2.75) is 38.0 Å². The Bertz CT molecular complexity index is 444. The summed E-state index contributed by atoms with van der Waals surface area (Å²) in [6.07, 6.45) is 3.15. The Balaban J connectivity index is 0.00000400. The van der Waals surface area contributed by atoms with E-state index in [1.54, 1.807) is 24.9 Å². The molecule has 5 nitrogen and oxygen atoms in total. The number of aliphatic hydroxyl groups is 1. The Labute approximate surface area is 136 Å². The number of hydrogen-bond acceptors (Lipinski definition) is 5. The Morgan fingerprint density at radius 3 is 2.90 bits per heavy atom. The minimum absolute atomic E-state index is 0. The zero-order valence-corrected chi connectivity index (χ0v) is 14.1. The third kappa shape index (κ3) is 7.13. The topological polar surface area (TPSA) is 88.2 Å². The van der Waals surface area contributed by atoms with Crippen LogP contribution in [0.15, 0.2) is 18.3 Å². The van der Waals surface area contributed by atoms with E-state index in [1.165, 1.54) is 0 Å². The molecule has 21 heavy (non-hydrogen) atoms. The monoisotopic (exact) mass is 333 g/mol. The first-order valence-corrected chi connectivity index (χ1v) is 7.89. The van der Waals surface area contributed by atoms with Crippen molar-refractivity contribution in [1.82, 2.24) is 4.98 Å². The second-order valence-electron chi connectivity index (χ2n) is 4.95. The van der Waals surface area contributed by atoms with Crippen LogP contribution in [0.5, 0.6) is 0 Å². The molecule has 0 aromatic carbocycles. The Morgan fingerprint density at radius 1 is 1.57 bits per heavy atom. The molecule has 1 unspecified atom stereocenters. The summed E-state index contributed by atoms with van der Waals surface area (Å²) >= 11 is 1.63. The molecule has 1 rings (SSSR count). The van der Waals surface area contributed by atoms with Crippen molar-refractivity contribution in [3.8, 4) is 0 Å². The molecule has 1 amide bonds. The largest absolute Gasteiger partial charge is 0.396 e. The van der Waals surface area contributed by atoms with Gasteiger partial charge in [-0.2, -0.15) is 11.8 Å². The Morgan fingerprint density at radius 2 is 2.29 bits per heavy atom. The summed E-state index contributed by atoms with van der Waals surface area (Å²) in [4.78, 5) is 16.2. The van der Waals surface area contributed by atoms with Crippen molar-refractivity contribution in [1.29, 1.82) is 0 Å². The highest BCUT2D eigenvalue weighted by atomic mass is 35.5. The number of nitrogens with zero attached hydrogens (tertiary/aromatic N) is 1. The lowest BCUT2D eigenvalue weighted by Crippen LogP contribution is -2.48. The number of aromatic nitrogens is 1. The quantitative estimate of drug-likeness (QED) is 0.635. The molecule has 1 heterocycles. The molecule has 1 aromatic rings. The summed E-state index contributed by atoms with van der Waals surface area (Å²) in [6.45, 7) is 3.89. The van der Waals surface area contributed by atoms with E-state index < -0.39 is 5.54 Å². The van der Waals surface area contributed by atoms with Crippen molar-refractivity contribution < 1.29 is 9.90 Å². The molecule has 0 spiro atoms. The Hall–Kier alpha value is -0.820. The van der Waals surface area contributed by atoms with E-state index in [2.05, 4.69) is 10.3 Å². The first kappa shape index (κ1) is 20.2. The third-order valence-corrected chi connectivity index (χ3v) is 3.87. The Kier molecular flexibility index (Phi) is 9.61. The zero-order valence-electron chi connectivity index (χ0n) is 12.5. The van der Waals surface area contributed by atoms with Gasteiger partial charge in [-0.15, -0.1) is 12.4 Å². The molecule has 4 N–H and O–H groups in total.